The second-order valence-corrected chi connectivity index (χ2v) is 21.3. The van der Waals surface area contributed by atoms with Crippen molar-refractivity contribution in [1.29, 1.82) is 0 Å². The van der Waals surface area contributed by atoms with Gasteiger partial charge in [-0.1, -0.05) is 77.7 Å². The molecule has 0 saturated carbocycles. The lowest BCUT2D eigenvalue weighted by molar-refractivity contribution is 0.562. The molecule has 0 amide bonds. The highest BCUT2D eigenvalue weighted by Gasteiger charge is 2.17. The Balaban J connectivity index is 2.99. The molecule has 0 heterocycles. The Hall–Kier alpha value is 1.18. The lowest BCUT2D eigenvalue weighted by Gasteiger charge is -2.10. The Kier molecular flexibility index (Phi) is 12.1. The van der Waals surface area contributed by atoms with Crippen LogP contribution in [-0.4, -0.2) is 5.31 Å². The van der Waals surface area contributed by atoms with Gasteiger partial charge in [-0.2, -0.15) is 0 Å². The van der Waals surface area contributed by atoms with Crippen LogP contribution in [0, 0.1) is 0 Å². The Morgan fingerprint density at radius 2 is 1.06 bits per heavy atom. The summed E-state index contributed by atoms with van der Waals surface area (Å²) in [5, 5.41) is -1.12. The first-order valence-corrected chi connectivity index (χ1v) is 14.2. The van der Waals surface area contributed by atoms with Crippen LogP contribution in [0.3, 0.4) is 0 Å². The first-order valence-electron chi connectivity index (χ1n) is 6.94. The van der Waals surface area contributed by atoms with E-state index in [0.29, 0.717) is 0 Å². The maximum Gasteiger partial charge on any atom is 0.198 e. The van der Waals surface area contributed by atoms with Crippen LogP contribution in [0.25, 0.3) is 0 Å². The van der Waals surface area contributed by atoms with Gasteiger partial charge in [0.15, 0.2) is 5.31 Å². The van der Waals surface area contributed by atoms with Gasteiger partial charge in [0.2, 0.25) is 0 Å². The van der Waals surface area contributed by atoms with E-state index in [4.69, 9.17) is 0 Å². The summed E-state index contributed by atoms with van der Waals surface area (Å²) in [7, 11) is 0. The van der Waals surface area contributed by atoms with Crippen LogP contribution >= 0.6 is 30.6 Å². The Morgan fingerprint density at radius 1 is 0.688 bits per heavy atom. The zero-order valence-electron chi connectivity index (χ0n) is 11.0. The van der Waals surface area contributed by atoms with Crippen molar-refractivity contribution in [1.82, 2.24) is 0 Å². The average molecular weight is 372 g/mol. The molecule has 0 aliphatic heterocycles. The number of halogens is 2. The van der Waals surface area contributed by atoms with Gasteiger partial charge in [-0.25, -0.2) is 0 Å². The molecule has 0 aromatic carbocycles. The van der Waals surface area contributed by atoms with Crippen molar-refractivity contribution in [3.05, 3.63) is 0 Å². The molecule has 0 rings (SSSR count). The highest BCUT2D eigenvalue weighted by molar-refractivity contribution is 9.51. The Bertz CT molecular complexity index is 143. The fourth-order valence-corrected chi connectivity index (χ4v) is 4.48. The summed E-state index contributed by atoms with van der Waals surface area (Å²) in [4.78, 5) is 0. The van der Waals surface area contributed by atoms with Crippen LogP contribution in [-0.2, 0) is 0 Å². The summed E-state index contributed by atoms with van der Waals surface area (Å²) >= 11 is 7.50. The highest BCUT2D eigenvalue weighted by atomic mass is 79.9. The largest absolute Gasteiger partial charge is 0.198 e. The van der Waals surface area contributed by atoms with E-state index >= 15 is 0 Å². The summed E-state index contributed by atoms with van der Waals surface area (Å²) in [6.07, 6.45) is 14.3. The van der Waals surface area contributed by atoms with E-state index in [0.717, 1.165) is 0 Å². The molecule has 0 aromatic rings. The third-order valence-electron chi connectivity index (χ3n) is 2.97. The zero-order valence-corrected chi connectivity index (χ0v) is 15.2. The second-order valence-electron chi connectivity index (χ2n) is 5.00. The number of unbranched alkanes of at least 4 members (excludes halogenated alkanes) is 9. The topological polar surface area (TPSA) is 0 Å². The third kappa shape index (κ3) is 15.2. The van der Waals surface area contributed by atoms with Crippen molar-refractivity contribution in [3.8, 4) is 0 Å². The molecule has 0 saturated heterocycles. The summed E-state index contributed by atoms with van der Waals surface area (Å²) in [5.41, 5.74) is 0. The van der Waals surface area contributed by atoms with Gasteiger partial charge in [0, 0.05) is 0 Å². The molecule has 3 heteroatoms. The molecule has 0 aliphatic carbocycles. The van der Waals surface area contributed by atoms with E-state index in [1.54, 1.807) is 0 Å². The first kappa shape index (κ1) is 17.2. The predicted octanol–water partition coefficient (Wildman–Crippen LogP) is 6.77. The molecule has 0 N–H and O–H groups in total. The van der Waals surface area contributed by atoms with E-state index in [-0.39, 0.29) is 0 Å². The molecule has 0 aliphatic rings. The maximum absolute atomic E-state index is 3.75. The molecular formula is C13H28Br2Si. The van der Waals surface area contributed by atoms with Crippen molar-refractivity contribution in [2.75, 3.05) is 0 Å². The van der Waals surface area contributed by atoms with E-state index in [9.17, 15) is 0 Å². The van der Waals surface area contributed by atoms with Gasteiger partial charge in [0.1, 0.15) is 0 Å². The van der Waals surface area contributed by atoms with Crippen LogP contribution in [0.1, 0.15) is 71.1 Å². The van der Waals surface area contributed by atoms with Crippen molar-refractivity contribution in [2.45, 2.75) is 83.7 Å². The van der Waals surface area contributed by atoms with Crippen LogP contribution < -0.4 is 0 Å². The average Bonchev–Trinajstić information content (AvgIpc) is 2.19. The molecule has 16 heavy (non-hydrogen) atoms. The van der Waals surface area contributed by atoms with Crippen LogP contribution in [0.2, 0.25) is 12.6 Å². The van der Waals surface area contributed by atoms with Gasteiger partial charge >= 0.3 is 0 Å². The second kappa shape index (κ2) is 11.3. The molecule has 0 atom stereocenters. The molecule has 98 valence electrons. The minimum Gasteiger partial charge on any atom is -0.111 e. The summed E-state index contributed by atoms with van der Waals surface area (Å²) in [6, 6.07) is 1.36. The molecule has 0 bridgehead atoms. The third-order valence-corrected chi connectivity index (χ3v) is 6.58. The summed E-state index contributed by atoms with van der Waals surface area (Å²) in [5.74, 6) is 0. The van der Waals surface area contributed by atoms with Crippen LogP contribution in [0.15, 0.2) is 0 Å². The maximum atomic E-state index is 3.75. The number of hydrogen-bond acceptors (Lipinski definition) is 0. The van der Waals surface area contributed by atoms with Crippen LogP contribution in [0.4, 0.5) is 0 Å². The minimum absolute atomic E-state index is 1.12. The molecule has 0 unspecified atom stereocenters. The van der Waals surface area contributed by atoms with Crippen molar-refractivity contribution in [2.24, 2.45) is 0 Å². The fourth-order valence-electron chi connectivity index (χ4n) is 1.92. The van der Waals surface area contributed by atoms with Gasteiger partial charge < -0.3 is 0 Å². The van der Waals surface area contributed by atoms with Gasteiger partial charge in [-0.05, 0) is 6.04 Å². The predicted molar refractivity (Wildman–Crippen MR) is 86.1 cm³/mol. The molecule has 0 aromatic heterocycles. The number of hydrogen-bond donors (Lipinski definition) is 0. The van der Waals surface area contributed by atoms with Gasteiger partial charge in [-0.3, -0.25) is 0 Å². The Labute approximate surface area is 119 Å². The van der Waals surface area contributed by atoms with E-state index in [2.05, 4.69) is 44.1 Å². The van der Waals surface area contributed by atoms with Crippen LogP contribution in [0.5, 0.6) is 0 Å². The Morgan fingerprint density at radius 3 is 1.44 bits per heavy atom. The zero-order chi connectivity index (χ0) is 12.3. The van der Waals surface area contributed by atoms with E-state index in [1.807, 2.05) is 0 Å². The first-order chi connectivity index (χ1) is 7.56. The van der Waals surface area contributed by atoms with Gasteiger partial charge in [0.25, 0.3) is 0 Å². The minimum atomic E-state index is -1.12. The van der Waals surface area contributed by atoms with E-state index < -0.39 is 5.31 Å². The van der Waals surface area contributed by atoms with Crippen molar-refractivity contribution >= 4 is 35.9 Å². The van der Waals surface area contributed by atoms with Gasteiger partial charge in [-0.15, -0.1) is 30.6 Å². The standard InChI is InChI=1S/C13H28Br2Si/c1-3-4-5-6-7-8-9-10-11-12-13-16(2,14)15/h3-13H2,1-2H3. The highest BCUT2D eigenvalue weighted by Crippen LogP contribution is 2.27. The molecule has 0 nitrogen and oxygen atoms in total. The lowest BCUT2D eigenvalue weighted by atomic mass is 10.1. The van der Waals surface area contributed by atoms with Gasteiger partial charge in [0.05, 0.1) is 0 Å². The quantitative estimate of drug-likeness (QED) is 0.213. The summed E-state index contributed by atoms with van der Waals surface area (Å²) < 4.78 is 0. The SMILES string of the molecule is CCCCCCCCCCCC[Si](C)(Br)Br. The fraction of sp³-hybridized carbons (Fsp3) is 1.00. The molecule has 0 radical (unpaired) electrons. The normalized spacial score (nSPS) is 12.0. The smallest absolute Gasteiger partial charge is 0.111 e. The lowest BCUT2D eigenvalue weighted by Crippen LogP contribution is -2.09. The van der Waals surface area contributed by atoms with Crippen molar-refractivity contribution in [3.63, 3.8) is 0 Å². The number of rotatable bonds is 11. The molecule has 0 spiro atoms. The summed E-state index contributed by atoms with van der Waals surface area (Å²) in [6.45, 7) is 4.60. The van der Waals surface area contributed by atoms with E-state index in [1.165, 1.54) is 70.3 Å². The molecular weight excluding hydrogens is 344 g/mol. The molecule has 0 fully saturated rings. The van der Waals surface area contributed by atoms with Crippen molar-refractivity contribution < 1.29 is 0 Å². The monoisotopic (exact) mass is 370 g/mol.